The average Bonchev–Trinajstić information content (AvgIpc) is 2.55. The van der Waals surface area contributed by atoms with Crippen LogP contribution in [0.25, 0.3) is 0 Å². The number of sulfonamides is 1. The van der Waals surface area contributed by atoms with E-state index in [4.69, 9.17) is 5.11 Å². The maximum atomic E-state index is 11.9. The van der Waals surface area contributed by atoms with E-state index >= 15 is 0 Å². The Morgan fingerprint density at radius 2 is 2.06 bits per heavy atom. The fourth-order valence-corrected chi connectivity index (χ4v) is 5.90. The van der Waals surface area contributed by atoms with Crippen LogP contribution in [0.4, 0.5) is 0 Å². The van der Waals surface area contributed by atoms with Gasteiger partial charge < -0.3 is 5.11 Å². The molecule has 0 saturated carbocycles. The quantitative estimate of drug-likeness (QED) is 0.687. The first-order chi connectivity index (χ1) is 7.65. The molecule has 1 fully saturated rings. The van der Waals surface area contributed by atoms with Crippen LogP contribution in [0, 0.1) is 0 Å². The molecule has 17 heavy (non-hydrogen) atoms. The normalized spacial score (nSPS) is 24.0. The summed E-state index contributed by atoms with van der Waals surface area (Å²) in [6.45, 7) is -0.145. The van der Waals surface area contributed by atoms with Gasteiger partial charge in [-0.2, -0.15) is 0 Å². The summed E-state index contributed by atoms with van der Waals surface area (Å²) in [4.78, 5) is 10.3. The number of aliphatic carboxylic acids is 1. The van der Waals surface area contributed by atoms with Crippen molar-refractivity contribution in [3.63, 3.8) is 0 Å². The molecule has 0 aliphatic carbocycles. The summed E-state index contributed by atoms with van der Waals surface area (Å²) in [6, 6.07) is 0. The molecule has 0 aromatic rings. The number of carbonyl (C=O) groups is 1. The molecular formula is C8H15NO6S2. The van der Waals surface area contributed by atoms with Gasteiger partial charge in [0.2, 0.25) is 10.0 Å². The third-order valence-electron chi connectivity index (χ3n) is 2.69. The van der Waals surface area contributed by atoms with E-state index in [1.807, 2.05) is 0 Å². The van der Waals surface area contributed by atoms with Gasteiger partial charge in [-0.05, 0) is 6.42 Å². The Kier molecular flexibility index (Phi) is 4.15. The van der Waals surface area contributed by atoms with Crippen molar-refractivity contribution in [1.82, 2.24) is 4.31 Å². The van der Waals surface area contributed by atoms with Crippen LogP contribution in [0.1, 0.15) is 12.8 Å². The minimum Gasteiger partial charge on any atom is -0.481 e. The molecule has 100 valence electrons. The van der Waals surface area contributed by atoms with E-state index in [1.54, 1.807) is 0 Å². The van der Waals surface area contributed by atoms with Crippen molar-refractivity contribution in [2.45, 2.75) is 18.1 Å². The van der Waals surface area contributed by atoms with Gasteiger partial charge in [0.1, 0.15) is 0 Å². The van der Waals surface area contributed by atoms with Crippen molar-refractivity contribution in [2.24, 2.45) is 0 Å². The van der Waals surface area contributed by atoms with Crippen molar-refractivity contribution in [2.75, 3.05) is 25.1 Å². The number of sulfone groups is 1. The summed E-state index contributed by atoms with van der Waals surface area (Å²) >= 11 is 0. The second-order valence-electron chi connectivity index (χ2n) is 4.04. The summed E-state index contributed by atoms with van der Waals surface area (Å²) in [5, 5.41) is 7.52. The molecule has 1 atom stereocenters. The SMILES string of the molecule is CN(CCC(=O)O)S(=O)(=O)C1CCS(=O)(=O)C1. The molecule has 1 saturated heterocycles. The summed E-state index contributed by atoms with van der Waals surface area (Å²) < 4.78 is 47.1. The Labute approximate surface area is 100 Å². The molecule has 9 heteroatoms. The second kappa shape index (κ2) is 4.91. The van der Waals surface area contributed by atoms with E-state index in [1.165, 1.54) is 7.05 Å². The lowest BCUT2D eigenvalue weighted by Gasteiger charge is -2.19. The van der Waals surface area contributed by atoms with Crippen LogP contribution in [0.2, 0.25) is 0 Å². The third-order valence-corrected chi connectivity index (χ3v) is 6.96. The Balaban J connectivity index is 2.72. The molecule has 1 rings (SSSR count). The lowest BCUT2D eigenvalue weighted by Crippen LogP contribution is -2.37. The van der Waals surface area contributed by atoms with Crippen LogP contribution in [-0.2, 0) is 24.7 Å². The van der Waals surface area contributed by atoms with Gasteiger partial charge in [-0.3, -0.25) is 4.79 Å². The Morgan fingerprint density at radius 3 is 2.47 bits per heavy atom. The maximum absolute atomic E-state index is 11.9. The van der Waals surface area contributed by atoms with Crippen LogP contribution in [-0.4, -0.2) is 62.6 Å². The monoisotopic (exact) mass is 285 g/mol. The van der Waals surface area contributed by atoms with Gasteiger partial charge in [-0.1, -0.05) is 0 Å². The molecule has 0 aromatic heterocycles. The summed E-state index contributed by atoms with van der Waals surface area (Å²) in [6.07, 6.45) is -0.211. The summed E-state index contributed by atoms with van der Waals surface area (Å²) in [5.41, 5.74) is 0. The van der Waals surface area contributed by atoms with Crippen LogP contribution >= 0.6 is 0 Å². The Bertz CT molecular complexity index is 494. The van der Waals surface area contributed by atoms with E-state index in [-0.39, 0.29) is 30.9 Å². The zero-order valence-electron chi connectivity index (χ0n) is 9.37. The fourth-order valence-electron chi connectivity index (χ4n) is 1.63. The first-order valence-corrected chi connectivity index (χ1v) is 8.35. The largest absolute Gasteiger partial charge is 0.481 e. The van der Waals surface area contributed by atoms with Crippen LogP contribution in [0.15, 0.2) is 0 Å². The standard InChI is InChI=1S/C8H15NO6S2/c1-9(4-2-8(10)11)17(14,15)7-3-5-16(12,13)6-7/h7H,2-6H2,1H3,(H,10,11). The summed E-state index contributed by atoms with van der Waals surface area (Å²) in [5.74, 6) is -1.58. The summed E-state index contributed by atoms with van der Waals surface area (Å²) in [7, 11) is -5.71. The highest BCUT2D eigenvalue weighted by Gasteiger charge is 2.39. The van der Waals surface area contributed by atoms with Gasteiger partial charge in [-0.15, -0.1) is 0 Å². The zero-order valence-corrected chi connectivity index (χ0v) is 11.0. The van der Waals surface area contributed by atoms with Gasteiger partial charge in [0.05, 0.1) is 23.2 Å². The van der Waals surface area contributed by atoms with E-state index in [0.717, 1.165) is 4.31 Å². The van der Waals surface area contributed by atoms with Crippen molar-refractivity contribution in [3.8, 4) is 0 Å². The van der Waals surface area contributed by atoms with Gasteiger partial charge in [0, 0.05) is 13.6 Å². The highest BCUT2D eigenvalue weighted by Crippen LogP contribution is 2.21. The number of nitrogens with zero attached hydrogens (tertiary/aromatic N) is 1. The predicted molar refractivity (Wildman–Crippen MR) is 60.9 cm³/mol. The van der Waals surface area contributed by atoms with E-state index in [2.05, 4.69) is 0 Å². The molecule has 1 unspecified atom stereocenters. The topological polar surface area (TPSA) is 109 Å². The first kappa shape index (κ1) is 14.4. The minimum atomic E-state index is -3.71. The van der Waals surface area contributed by atoms with Crippen molar-refractivity contribution in [1.29, 1.82) is 0 Å². The van der Waals surface area contributed by atoms with Crippen molar-refractivity contribution >= 4 is 25.8 Å². The molecule has 0 aromatic carbocycles. The highest BCUT2D eigenvalue weighted by molar-refractivity contribution is 7.95. The molecule has 1 heterocycles. The number of carboxylic acid groups (broad SMARTS) is 1. The molecule has 1 aliphatic heterocycles. The molecule has 1 N–H and O–H groups in total. The molecule has 0 amide bonds. The Morgan fingerprint density at radius 1 is 1.47 bits per heavy atom. The molecular weight excluding hydrogens is 270 g/mol. The molecule has 1 aliphatic rings. The van der Waals surface area contributed by atoms with E-state index < -0.39 is 31.1 Å². The smallest absolute Gasteiger partial charge is 0.304 e. The maximum Gasteiger partial charge on any atom is 0.304 e. The predicted octanol–water partition coefficient (Wildman–Crippen LogP) is -1.09. The second-order valence-corrected chi connectivity index (χ2v) is 8.58. The van der Waals surface area contributed by atoms with E-state index in [0.29, 0.717) is 0 Å². The highest BCUT2D eigenvalue weighted by atomic mass is 32.2. The van der Waals surface area contributed by atoms with Crippen molar-refractivity contribution in [3.05, 3.63) is 0 Å². The number of hydrogen-bond acceptors (Lipinski definition) is 5. The lowest BCUT2D eigenvalue weighted by molar-refractivity contribution is -0.137. The molecule has 0 radical (unpaired) electrons. The molecule has 7 nitrogen and oxygen atoms in total. The van der Waals surface area contributed by atoms with E-state index in [9.17, 15) is 21.6 Å². The first-order valence-electron chi connectivity index (χ1n) is 5.02. The third kappa shape index (κ3) is 3.65. The molecule has 0 bridgehead atoms. The number of rotatable bonds is 5. The van der Waals surface area contributed by atoms with Crippen molar-refractivity contribution < 1.29 is 26.7 Å². The zero-order chi connectivity index (χ0) is 13.3. The van der Waals surface area contributed by atoms with Crippen LogP contribution in [0.5, 0.6) is 0 Å². The molecule has 0 spiro atoms. The van der Waals surface area contributed by atoms with Crippen LogP contribution < -0.4 is 0 Å². The number of carboxylic acids is 1. The van der Waals surface area contributed by atoms with Gasteiger partial charge in [0.25, 0.3) is 0 Å². The average molecular weight is 285 g/mol. The lowest BCUT2D eigenvalue weighted by atomic mass is 10.4. The minimum absolute atomic E-state index is 0.0854. The van der Waals surface area contributed by atoms with Gasteiger partial charge >= 0.3 is 5.97 Å². The number of hydrogen-bond donors (Lipinski definition) is 1. The fraction of sp³-hybridized carbons (Fsp3) is 0.875. The van der Waals surface area contributed by atoms with Gasteiger partial charge in [-0.25, -0.2) is 21.1 Å². The Hall–Kier alpha value is -0.670. The van der Waals surface area contributed by atoms with Crippen LogP contribution in [0.3, 0.4) is 0 Å². The van der Waals surface area contributed by atoms with Gasteiger partial charge in [0.15, 0.2) is 9.84 Å².